The van der Waals surface area contributed by atoms with Gasteiger partial charge in [0.2, 0.25) is 5.91 Å². The van der Waals surface area contributed by atoms with Gasteiger partial charge in [0.25, 0.3) is 10.0 Å². The van der Waals surface area contributed by atoms with Gasteiger partial charge in [0.1, 0.15) is 12.3 Å². The number of aromatic nitrogens is 1. The van der Waals surface area contributed by atoms with Crippen LogP contribution in [0.3, 0.4) is 0 Å². The molecule has 0 aliphatic carbocycles. The lowest BCUT2D eigenvalue weighted by molar-refractivity contribution is -0.119. The number of amides is 1. The molecular formula is C24H27N3O6S. The van der Waals surface area contributed by atoms with Crippen molar-refractivity contribution in [2.24, 2.45) is 0 Å². The van der Waals surface area contributed by atoms with Crippen LogP contribution in [-0.2, 0) is 21.4 Å². The van der Waals surface area contributed by atoms with Crippen LogP contribution in [0.2, 0.25) is 0 Å². The quantitative estimate of drug-likeness (QED) is 0.445. The number of methoxy groups -OCH3 is 2. The molecule has 0 saturated heterocycles. The zero-order valence-corrected chi connectivity index (χ0v) is 20.0. The molecule has 180 valence electrons. The average molecular weight is 486 g/mol. The second-order valence-corrected chi connectivity index (χ2v) is 8.96. The summed E-state index contributed by atoms with van der Waals surface area (Å²) < 4.78 is 44.2. The molecule has 1 N–H and O–H groups in total. The van der Waals surface area contributed by atoms with Gasteiger partial charge in [-0.1, -0.05) is 6.07 Å². The number of pyridine rings is 1. The van der Waals surface area contributed by atoms with Crippen LogP contribution in [0, 0.1) is 0 Å². The van der Waals surface area contributed by atoms with Gasteiger partial charge in [0.15, 0.2) is 11.5 Å². The lowest BCUT2D eigenvalue weighted by Crippen LogP contribution is -2.40. The number of ether oxygens (including phenoxy) is 3. The molecule has 1 amide bonds. The van der Waals surface area contributed by atoms with E-state index >= 15 is 0 Å². The highest BCUT2D eigenvalue weighted by atomic mass is 32.2. The summed E-state index contributed by atoms with van der Waals surface area (Å²) in [7, 11) is -1.25. The van der Waals surface area contributed by atoms with Crippen molar-refractivity contribution in [2.45, 2.75) is 18.4 Å². The number of sulfonamides is 1. The van der Waals surface area contributed by atoms with Gasteiger partial charge in [-0.25, -0.2) is 8.42 Å². The third-order valence-electron chi connectivity index (χ3n) is 4.88. The van der Waals surface area contributed by atoms with Gasteiger partial charge >= 0.3 is 0 Å². The van der Waals surface area contributed by atoms with Crippen molar-refractivity contribution in [3.63, 3.8) is 0 Å². The first kappa shape index (κ1) is 24.8. The normalized spacial score (nSPS) is 10.9. The van der Waals surface area contributed by atoms with Gasteiger partial charge < -0.3 is 19.5 Å². The lowest BCUT2D eigenvalue weighted by atomic mass is 10.3. The van der Waals surface area contributed by atoms with Gasteiger partial charge in [-0.2, -0.15) is 0 Å². The number of rotatable bonds is 11. The fourth-order valence-electron chi connectivity index (χ4n) is 3.18. The zero-order chi connectivity index (χ0) is 24.6. The SMILES string of the molecule is CCOc1ccc(N(CC(=O)NCc2cccnc2)S(=O)(=O)c2ccc(OC)c(OC)c2)cc1. The summed E-state index contributed by atoms with van der Waals surface area (Å²) in [5.41, 5.74) is 1.11. The molecule has 3 aromatic rings. The molecule has 10 heteroatoms. The highest BCUT2D eigenvalue weighted by molar-refractivity contribution is 7.92. The largest absolute Gasteiger partial charge is 0.494 e. The van der Waals surface area contributed by atoms with Crippen LogP contribution in [0.4, 0.5) is 5.69 Å². The Balaban J connectivity index is 1.92. The fraction of sp³-hybridized carbons (Fsp3) is 0.250. The van der Waals surface area contributed by atoms with E-state index in [0.29, 0.717) is 23.8 Å². The molecule has 0 spiro atoms. The minimum absolute atomic E-state index is 0.0425. The average Bonchev–Trinajstić information content (AvgIpc) is 2.87. The molecule has 2 aromatic carbocycles. The summed E-state index contributed by atoms with van der Waals surface area (Å²) in [6.45, 7) is 2.13. The standard InChI is InChI=1S/C24H27N3O6S/c1-4-33-20-9-7-19(8-10-20)27(17-24(28)26-16-18-6-5-13-25-15-18)34(29,30)21-11-12-22(31-2)23(14-21)32-3/h5-15H,4,16-17H2,1-3H3,(H,26,28). The Bertz CT molecular complexity index is 1200. The third kappa shape index (κ3) is 5.96. The van der Waals surface area contributed by atoms with Gasteiger partial charge in [-0.05, 0) is 55.0 Å². The maximum Gasteiger partial charge on any atom is 0.264 e. The number of hydrogen-bond acceptors (Lipinski definition) is 7. The van der Waals surface area contributed by atoms with E-state index in [2.05, 4.69) is 10.3 Å². The van der Waals surface area contributed by atoms with Crippen molar-refractivity contribution in [3.8, 4) is 17.2 Å². The molecule has 0 unspecified atom stereocenters. The minimum atomic E-state index is -4.13. The van der Waals surface area contributed by atoms with Crippen molar-refractivity contribution < 1.29 is 27.4 Å². The maximum atomic E-state index is 13.6. The predicted molar refractivity (Wildman–Crippen MR) is 128 cm³/mol. The van der Waals surface area contributed by atoms with Crippen molar-refractivity contribution in [1.82, 2.24) is 10.3 Å². The Morgan fingerprint density at radius 1 is 1.03 bits per heavy atom. The van der Waals surface area contributed by atoms with E-state index in [9.17, 15) is 13.2 Å². The molecule has 0 radical (unpaired) electrons. The molecule has 1 heterocycles. The molecule has 0 atom stereocenters. The summed E-state index contributed by atoms with van der Waals surface area (Å²) in [5, 5.41) is 2.74. The van der Waals surface area contributed by atoms with Crippen LogP contribution < -0.4 is 23.8 Å². The van der Waals surface area contributed by atoms with Gasteiger partial charge in [0.05, 0.1) is 31.4 Å². The molecule has 0 saturated carbocycles. The van der Waals surface area contributed by atoms with Crippen LogP contribution >= 0.6 is 0 Å². The van der Waals surface area contributed by atoms with Gasteiger partial charge in [0, 0.05) is 25.0 Å². The zero-order valence-electron chi connectivity index (χ0n) is 19.2. The molecule has 0 aliphatic rings. The Hall–Kier alpha value is -3.79. The molecule has 9 nitrogen and oxygen atoms in total. The van der Waals surface area contributed by atoms with E-state index in [-0.39, 0.29) is 17.2 Å². The van der Waals surface area contributed by atoms with E-state index in [1.807, 2.05) is 13.0 Å². The Morgan fingerprint density at radius 3 is 2.38 bits per heavy atom. The number of hydrogen-bond donors (Lipinski definition) is 1. The Labute approximate surface area is 199 Å². The molecule has 0 aliphatic heterocycles. The molecule has 1 aromatic heterocycles. The van der Waals surface area contributed by atoms with Gasteiger partial charge in [-0.15, -0.1) is 0 Å². The van der Waals surface area contributed by atoms with E-state index in [0.717, 1.165) is 9.87 Å². The van der Waals surface area contributed by atoms with E-state index in [1.54, 1.807) is 42.7 Å². The summed E-state index contributed by atoms with van der Waals surface area (Å²) in [6, 6.07) is 14.4. The smallest absolute Gasteiger partial charge is 0.264 e. The van der Waals surface area contributed by atoms with Crippen LogP contribution in [0.15, 0.2) is 71.9 Å². The van der Waals surface area contributed by atoms with Crippen LogP contribution in [0.5, 0.6) is 17.2 Å². The molecule has 34 heavy (non-hydrogen) atoms. The minimum Gasteiger partial charge on any atom is -0.494 e. The lowest BCUT2D eigenvalue weighted by Gasteiger charge is -2.24. The van der Waals surface area contributed by atoms with Crippen LogP contribution in [0.25, 0.3) is 0 Å². The second kappa shape index (κ2) is 11.4. The van der Waals surface area contributed by atoms with Gasteiger partial charge in [-0.3, -0.25) is 14.1 Å². The summed E-state index contributed by atoms with van der Waals surface area (Å²) >= 11 is 0. The van der Waals surface area contributed by atoms with Crippen molar-refractivity contribution in [2.75, 3.05) is 31.7 Å². The Kier molecular flexibility index (Phi) is 8.31. The van der Waals surface area contributed by atoms with E-state index in [4.69, 9.17) is 14.2 Å². The molecular weight excluding hydrogens is 458 g/mol. The molecule has 0 bridgehead atoms. The predicted octanol–water partition coefficient (Wildman–Crippen LogP) is 3.01. The number of nitrogens with zero attached hydrogens (tertiary/aromatic N) is 2. The fourth-order valence-corrected chi connectivity index (χ4v) is 4.62. The first-order valence-electron chi connectivity index (χ1n) is 10.5. The summed E-state index contributed by atoms with van der Waals surface area (Å²) in [4.78, 5) is 16.7. The van der Waals surface area contributed by atoms with Crippen molar-refractivity contribution in [3.05, 3.63) is 72.6 Å². The highest BCUT2D eigenvalue weighted by Gasteiger charge is 2.28. The van der Waals surface area contributed by atoms with Crippen LogP contribution in [0.1, 0.15) is 12.5 Å². The molecule has 3 rings (SSSR count). The monoisotopic (exact) mass is 485 g/mol. The number of benzene rings is 2. The Morgan fingerprint density at radius 2 is 1.76 bits per heavy atom. The topological polar surface area (TPSA) is 107 Å². The van der Waals surface area contributed by atoms with E-state index in [1.165, 1.54) is 32.4 Å². The first-order chi connectivity index (χ1) is 16.4. The third-order valence-corrected chi connectivity index (χ3v) is 6.65. The summed E-state index contributed by atoms with van der Waals surface area (Å²) in [5.74, 6) is 0.775. The van der Waals surface area contributed by atoms with Crippen molar-refractivity contribution in [1.29, 1.82) is 0 Å². The number of carbonyl (C=O) groups is 1. The maximum absolute atomic E-state index is 13.6. The second-order valence-electron chi connectivity index (χ2n) is 7.09. The number of anilines is 1. The van der Waals surface area contributed by atoms with E-state index < -0.39 is 22.5 Å². The van der Waals surface area contributed by atoms with Crippen molar-refractivity contribution >= 4 is 21.6 Å². The van der Waals surface area contributed by atoms with Crippen LogP contribution in [-0.4, -0.2) is 46.7 Å². The number of nitrogens with one attached hydrogen (secondary N) is 1. The molecule has 0 fully saturated rings. The number of carbonyl (C=O) groups excluding carboxylic acids is 1. The highest BCUT2D eigenvalue weighted by Crippen LogP contribution is 2.32. The first-order valence-corrected chi connectivity index (χ1v) is 12.0. The summed E-state index contributed by atoms with van der Waals surface area (Å²) in [6.07, 6.45) is 3.26.